The third kappa shape index (κ3) is 4.15. The largest absolute Gasteiger partial charge is 0.382 e. The van der Waals surface area contributed by atoms with Gasteiger partial charge in [0.05, 0.1) is 23.8 Å². The number of nitrogens with two attached hydrogens (primary N) is 1. The van der Waals surface area contributed by atoms with E-state index < -0.39 is 9.84 Å². The number of anilines is 1. The van der Waals surface area contributed by atoms with Crippen molar-refractivity contribution in [1.29, 1.82) is 0 Å². The number of aromatic amines is 1. The van der Waals surface area contributed by atoms with Gasteiger partial charge in [-0.05, 0) is 31.7 Å². The molecule has 5 aromatic heterocycles. The first-order chi connectivity index (χ1) is 19.7. The third-order valence-corrected chi connectivity index (χ3v) is 9.24. The average Bonchev–Trinajstić information content (AvgIpc) is 3.74. The number of H-pyrrole nitrogens is 1. The highest BCUT2D eigenvalue weighted by atomic mass is 32.2. The molecule has 7 heterocycles. The van der Waals surface area contributed by atoms with Gasteiger partial charge < -0.3 is 15.6 Å². The van der Waals surface area contributed by atoms with Crippen molar-refractivity contribution in [2.75, 3.05) is 12.0 Å². The monoisotopic (exact) mass is 573 g/mol. The summed E-state index contributed by atoms with van der Waals surface area (Å²) < 4.78 is 29.2. The van der Waals surface area contributed by atoms with Crippen molar-refractivity contribution in [2.24, 2.45) is 7.05 Å². The number of fused-ring (bicyclic) bond motifs is 3. The second-order valence-corrected chi connectivity index (χ2v) is 12.7. The molecule has 0 aliphatic carbocycles. The topological polar surface area (TPSA) is 183 Å². The van der Waals surface area contributed by atoms with Crippen LogP contribution in [0.5, 0.6) is 0 Å². The van der Waals surface area contributed by atoms with E-state index in [4.69, 9.17) is 10.7 Å². The van der Waals surface area contributed by atoms with E-state index in [-0.39, 0.29) is 40.4 Å². The molecule has 3 atom stereocenters. The van der Waals surface area contributed by atoms with Crippen LogP contribution in [-0.2, 0) is 16.9 Å². The zero-order chi connectivity index (χ0) is 28.5. The highest BCUT2D eigenvalue weighted by molar-refractivity contribution is 7.91. The number of rotatable bonds is 5. The predicted molar refractivity (Wildman–Crippen MR) is 147 cm³/mol. The summed E-state index contributed by atoms with van der Waals surface area (Å²) in [5, 5.41) is 16.2. The fourth-order valence-corrected chi connectivity index (χ4v) is 7.38. The highest BCUT2D eigenvalue weighted by Crippen LogP contribution is 2.45. The van der Waals surface area contributed by atoms with Crippen molar-refractivity contribution in [2.45, 2.75) is 48.6 Å². The van der Waals surface area contributed by atoms with Crippen LogP contribution in [-0.4, -0.2) is 82.1 Å². The number of carbonyl (C=O) groups is 1. The molecule has 1 amide bonds. The maximum absolute atomic E-state index is 13.1. The maximum atomic E-state index is 13.1. The van der Waals surface area contributed by atoms with E-state index in [1.54, 1.807) is 23.3 Å². The number of carbonyl (C=O) groups excluding carboxylic acids is 1. The fraction of sp³-hybridized carbons (Fsp3) is 0.346. The molecule has 2 saturated heterocycles. The second-order valence-electron chi connectivity index (χ2n) is 10.7. The zero-order valence-corrected chi connectivity index (χ0v) is 23.2. The van der Waals surface area contributed by atoms with E-state index >= 15 is 0 Å². The van der Waals surface area contributed by atoms with Crippen molar-refractivity contribution in [3.05, 3.63) is 54.8 Å². The van der Waals surface area contributed by atoms with Gasteiger partial charge >= 0.3 is 0 Å². The number of nitrogens with zero attached hydrogens (tertiary/aromatic N) is 9. The Hall–Kier alpha value is -4.66. The van der Waals surface area contributed by atoms with Crippen LogP contribution in [0.25, 0.3) is 28.0 Å². The lowest BCUT2D eigenvalue weighted by Gasteiger charge is -2.38. The van der Waals surface area contributed by atoms with Crippen molar-refractivity contribution in [3.63, 3.8) is 0 Å². The van der Waals surface area contributed by atoms with Gasteiger partial charge in [0, 0.05) is 60.4 Å². The number of amides is 1. The highest BCUT2D eigenvalue weighted by Gasteiger charge is 2.46. The number of hydrogen-bond acceptors (Lipinski definition) is 10. The number of aryl methyl sites for hydroxylation is 1. The van der Waals surface area contributed by atoms with E-state index in [0.29, 0.717) is 29.7 Å². The summed E-state index contributed by atoms with van der Waals surface area (Å²) in [4.78, 5) is 27.3. The number of hydrogen-bond donors (Lipinski definition) is 2. The summed E-state index contributed by atoms with van der Waals surface area (Å²) in [5.74, 6) is -0.184. The first-order valence-electron chi connectivity index (χ1n) is 13.2. The lowest BCUT2D eigenvalue weighted by Crippen LogP contribution is -2.46. The molecule has 2 bridgehead atoms. The van der Waals surface area contributed by atoms with Gasteiger partial charge in [0.1, 0.15) is 17.0 Å². The molecule has 41 heavy (non-hydrogen) atoms. The van der Waals surface area contributed by atoms with Gasteiger partial charge in [-0.3, -0.25) is 14.5 Å². The molecule has 0 aromatic carbocycles. The molecule has 0 unspecified atom stereocenters. The molecular formula is C26H27N11O3S. The fourth-order valence-electron chi connectivity index (χ4n) is 6.32. The molecule has 5 aromatic rings. The van der Waals surface area contributed by atoms with E-state index in [9.17, 15) is 13.2 Å². The number of nitrogens with one attached hydrogen (secondary N) is 1. The van der Waals surface area contributed by atoms with Gasteiger partial charge in [0.25, 0.3) is 5.91 Å². The van der Waals surface area contributed by atoms with Crippen LogP contribution < -0.4 is 5.73 Å². The normalized spacial score (nSPS) is 20.6. The minimum absolute atomic E-state index is 0.0101. The van der Waals surface area contributed by atoms with Crippen LogP contribution >= 0.6 is 0 Å². The van der Waals surface area contributed by atoms with E-state index in [2.05, 4.69) is 30.4 Å². The molecular weight excluding hydrogens is 546 g/mol. The molecule has 0 spiro atoms. The Morgan fingerprint density at radius 2 is 1.85 bits per heavy atom. The number of aromatic nitrogens is 9. The average molecular weight is 574 g/mol. The summed E-state index contributed by atoms with van der Waals surface area (Å²) in [6, 6.07) is 3.67. The molecule has 2 aliphatic rings. The van der Waals surface area contributed by atoms with Crippen molar-refractivity contribution in [3.8, 4) is 22.4 Å². The van der Waals surface area contributed by atoms with E-state index in [1.165, 1.54) is 10.8 Å². The number of sulfone groups is 1. The SMILES string of the molecule is Cn1cc(-c2ccc(-c3cnn4c(N)c(S(C)(=O)=O)c([C@H]5C[C@H]6CC[C@@H](C5)N6C(=O)c5nnc[nH]5)nc34)cn2)cn1. The molecule has 0 radical (unpaired) electrons. The first-order valence-corrected chi connectivity index (χ1v) is 15.1. The van der Waals surface area contributed by atoms with Crippen molar-refractivity contribution < 1.29 is 13.2 Å². The molecule has 15 heteroatoms. The van der Waals surface area contributed by atoms with Gasteiger partial charge in [-0.25, -0.2) is 13.4 Å². The summed E-state index contributed by atoms with van der Waals surface area (Å²) in [6.07, 6.45) is 12.3. The minimum Gasteiger partial charge on any atom is -0.382 e. The van der Waals surface area contributed by atoms with Crippen LogP contribution in [0.4, 0.5) is 5.82 Å². The summed E-state index contributed by atoms with van der Waals surface area (Å²) in [6.45, 7) is 0. The number of nitrogen functional groups attached to an aromatic ring is 1. The number of pyridine rings is 1. The molecule has 2 fully saturated rings. The van der Waals surface area contributed by atoms with Crippen LogP contribution in [0.15, 0.2) is 48.1 Å². The Morgan fingerprint density at radius 1 is 1.07 bits per heavy atom. The van der Waals surface area contributed by atoms with E-state index in [0.717, 1.165) is 35.9 Å². The van der Waals surface area contributed by atoms with Gasteiger partial charge in [-0.2, -0.15) is 14.7 Å². The van der Waals surface area contributed by atoms with Crippen molar-refractivity contribution in [1.82, 2.24) is 49.4 Å². The molecule has 3 N–H and O–H groups in total. The Bertz CT molecular complexity index is 1880. The Labute approximate surface area is 234 Å². The molecule has 14 nitrogen and oxygen atoms in total. The standard InChI is InChI=1S/C26H27N11O3S/c1-35-12-16(10-31-35)20-6-3-14(9-28-20)19-11-32-37-23(27)22(41(2,39)40)21(33-25(19)37)15-7-17-4-5-18(8-15)36(17)26(38)24-29-13-30-34-24/h3,6,9-13,15,17-18H,4-5,7-8,27H2,1-2H3,(H,29,30,34)/t15-,17+,18-. The van der Waals surface area contributed by atoms with E-state index in [1.807, 2.05) is 30.3 Å². The van der Waals surface area contributed by atoms with Crippen molar-refractivity contribution >= 4 is 27.2 Å². The van der Waals surface area contributed by atoms with Crippen LogP contribution in [0.2, 0.25) is 0 Å². The lowest BCUT2D eigenvalue weighted by molar-refractivity contribution is 0.0556. The zero-order valence-electron chi connectivity index (χ0n) is 22.3. The Balaban J connectivity index is 1.28. The van der Waals surface area contributed by atoms with Crippen LogP contribution in [0.1, 0.15) is 47.9 Å². The molecule has 210 valence electrons. The van der Waals surface area contributed by atoms with Crippen LogP contribution in [0.3, 0.4) is 0 Å². The summed E-state index contributed by atoms with van der Waals surface area (Å²) >= 11 is 0. The first kappa shape index (κ1) is 25.3. The lowest BCUT2D eigenvalue weighted by atomic mass is 9.87. The summed E-state index contributed by atoms with van der Waals surface area (Å²) in [7, 11) is -1.90. The molecule has 7 rings (SSSR count). The van der Waals surface area contributed by atoms with Gasteiger partial charge in [-0.15, -0.1) is 10.2 Å². The summed E-state index contributed by atoms with van der Waals surface area (Å²) in [5.41, 5.74) is 10.5. The molecule has 0 saturated carbocycles. The Morgan fingerprint density at radius 3 is 2.46 bits per heavy atom. The quantitative estimate of drug-likeness (QED) is 0.315. The number of piperidine rings is 1. The smallest absolute Gasteiger partial charge is 0.292 e. The van der Waals surface area contributed by atoms with Gasteiger partial charge in [-0.1, -0.05) is 6.07 Å². The van der Waals surface area contributed by atoms with Gasteiger partial charge in [0.15, 0.2) is 15.5 Å². The van der Waals surface area contributed by atoms with Crippen LogP contribution in [0, 0.1) is 0 Å². The third-order valence-electron chi connectivity index (χ3n) is 8.08. The Kier molecular flexibility index (Phi) is 5.67. The minimum atomic E-state index is -3.75. The molecule has 2 aliphatic heterocycles. The van der Waals surface area contributed by atoms with Gasteiger partial charge in [0.2, 0.25) is 5.82 Å². The predicted octanol–water partition coefficient (Wildman–Crippen LogP) is 1.85. The maximum Gasteiger partial charge on any atom is 0.292 e. The second kappa shape index (κ2) is 9.19.